The second kappa shape index (κ2) is 8.39. The number of nitrogens with two attached hydrogens (primary N) is 1. The lowest BCUT2D eigenvalue weighted by molar-refractivity contribution is -0.274. The molecule has 13 heteroatoms. The number of alkyl halides is 3. The lowest BCUT2D eigenvalue weighted by atomic mass is 10.2. The normalized spacial score (nSPS) is 13.0. The maximum absolute atomic E-state index is 12.9. The van der Waals surface area contributed by atoms with Gasteiger partial charge in [0.15, 0.2) is 0 Å². The Labute approximate surface area is 167 Å². The average Bonchev–Trinajstić information content (AvgIpc) is 3.10. The number of thiophene rings is 1. The summed E-state index contributed by atoms with van der Waals surface area (Å²) in [4.78, 5) is 22.7. The van der Waals surface area contributed by atoms with E-state index in [2.05, 4.69) is 10.1 Å². The molecule has 2 amide bonds. The molecule has 0 radical (unpaired) electrons. The quantitative estimate of drug-likeness (QED) is 0.589. The van der Waals surface area contributed by atoms with Crippen molar-refractivity contribution in [3.63, 3.8) is 0 Å². The molecule has 1 atom stereocenters. The van der Waals surface area contributed by atoms with Crippen molar-refractivity contribution in [3.05, 3.63) is 35.2 Å². The molecule has 0 saturated heterocycles. The van der Waals surface area contributed by atoms with Gasteiger partial charge in [-0.2, -0.15) is 0 Å². The third kappa shape index (κ3) is 5.46. The number of aliphatic hydroxyl groups is 1. The fraction of sp³-hybridized carbons (Fsp3) is 0.250. The van der Waals surface area contributed by atoms with Gasteiger partial charge in [-0.15, -0.1) is 24.5 Å². The fourth-order valence-electron chi connectivity index (χ4n) is 2.07. The smallest absolute Gasteiger partial charge is 0.406 e. The molecule has 1 aromatic heterocycles. The molecule has 158 valence electrons. The van der Waals surface area contributed by atoms with Crippen LogP contribution in [0.3, 0.4) is 0 Å². The Hall–Kier alpha value is -2.64. The van der Waals surface area contributed by atoms with Crippen LogP contribution in [0.1, 0.15) is 17.3 Å². The van der Waals surface area contributed by atoms with Crippen molar-refractivity contribution in [1.29, 1.82) is 0 Å². The number of primary amides is 1. The molecule has 0 bridgehead atoms. The minimum atomic E-state index is -5.04. The molecule has 0 saturated carbocycles. The second-order valence-corrected chi connectivity index (χ2v) is 8.86. The number of amides is 2. The number of halogens is 3. The van der Waals surface area contributed by atoms with Gasteiger partial charge in [0.1, 0.15) is 9.96 Å². The number of rotatable bonds is 7. The molecule has 1 heterocycles. The summed E-state index contributed by atoms with van der Waals surface area (Å²) in [6.45, 7) is 0.761. The molecule has 0 fully saturated rings. The third-order valence-electron chi connectivity index (χ3n) is 3.58. The number of carbonyl (C=O) groups excluding carboxylic acids is 2. The Kier molecular flexibility index (Phi) is 6.55. The van der Waals surface area contributed by atoms with Gasteiger partial charge in [0, 0.05) is 11.4 Å². The largest absolute Gasteiger partial charge is 0.573 e. The fourth-order valence-corrected chi connectivity index (χ4v) is 4.76. The topological polar surface area (TPSA) is 136 Å². The van der Waals surface area contributed by atoms with Crippen molar-refractivity contribution in [2.75, 3.05) is 11.9 Å². The Morgan fingerprint density at radius 1 is 1.31 bits per heavy atom. The highest BCUT2D eigenvalue weighted by molar-refractivity contribution is 7.93. The molecule has 8 nitrogen and oxygen atoms in total. The van der Waals surface area contributed by atoms with Gasteiger partial charge >= 0.3 is 6.36 Å². The molecule has 29 heavy (non-hydrogen) atoms. The van der Waals surface area contributed by atoms with Crippen molar-refractivity contribution >= 4 is 38.7 Å². The Morgan fingerprint density at radius 3 is 2.48 bits per heavy atom. The predicted octanol–water partition coefficient (Wildman–Crippen LogP) is 2.15. The van der Waals surface area contributed by atoms with E-state index >= 15 is 0 Å². The molecule has 4 N–H and O–H groups in total. The van der Waals surface area contributed by atoms with Gasteiger partial charge in [-0.25, -0.2) is 8.42 Å². The second-order valence-electron chi connectivity index (χ2n) is 5.80. The monoisotopic (exact) mass is 452 g/mol. The van der Waals surface area contributed by atoms with Gasteiger partial charge in [-0.3, -0.25) is 9.59 Å². The van der Waals surface area contributed by atoms with Gasteiger partial charge in [0.25, 0.3) is 0 Å². The Bertz CT molecular complexity index is 1030. The van der Waals surface area contributed by atoms with Crippen molar-refractivity contribution in [2.24, 2.45) is 11.7 Å². The van der Waals surface area contributed by atoms with E-state index in [-0.39, 0.29) is 9.77 Å². The van der Waals surface area contributed by atoms with Crippen molar-refractivity contribution in [2.45, 2.75) is 22.4 Å². The van der Waals surface area contributed by atoms with Gasteiger partial charge in [-0.05, 0) is 18.2 Å². The average molecular weight is 452 g/mol. The number of hydrogen-bond acceptors (Lipinski definition) is 7. The first-order chi connectivity index (χ1) is 13.3. The zero-order chi connectivity index (χ0) is 22.0. The van der Waals surface area contributed by atoms with Crippen molar-refractivity contribution < 1.29 is 41.0 Å². The summed E-state index contributed by atoms with van der Waals surface area (Å²) in [6, 6.07) is 3.32. The van der Waals surface area contributed by atoms with E-state index in [1.54, 1.807) is 0 Å². The summed E-state index contributed by atoms with van der Waals surface area (Å²) < 4.78 is 66.7. The highest BCUT2D eigenvalue weighted by atomic mass is 32.2. The molecule has 0 aliphatic carbocycles. The van der Waals surface area contributed by atoms with E-state index in [9.17, 15) is 31.2 Å². The lowest BCUT2D eigenvalue weighted by Gasteiger charge is -2.16. The number of carbonyl (C=O) groups is 2. The molecule has 0 aliphatic heterocycles. The van der Waals surface area contributed by atoms with E-state index in [1.165, 1.54) is 12.3 Å². The summed E-state index contributed by atoms with van der Waals surface area (Å²) >= 11 is 0.680. The maximum atomic E-state index is 12.9. The molecule has 1 aromatic carbocycles. The highest BCUT2D eigenvalue weighted by Crippen LogP contribution is 2.35. The first-order valence-electron chi connectivity index (χ1n) is 7.80. The van der Waals surface area contributed by atoms with Crippen LogP contribution in [0.15, 0.2) is 38.8 Å². The van der Waals surface area contributed by atoms with E-state index < -0.39 is 56.9 Å². The number of nitrogens with one attached hydrogen (secondary N) is 1. The SMILES string of the molecule is C[C@H](CO)C(=O)Nc1cc(OC(F)(F)F)ccc1S(=O)(=O)c1cc(C(N)=O)cs1. The number of anilines is 1. The molecule has 0 spiro atoms. The van der Waals surface area contributed by atoms with Crippen molar-refractivity contribution in [1.82, 2.24) is 0 Å². The van der Waals surface area contributed by atoms with E-state index in [0.29, 0.717) is 17.4 Å². The zero-order valence-corrected chi connectivity index (χ0v) is 16.3. The summed E-state index contributed by atoms with van der Waals surface area (Å²) in [6.07, 6.45) is -5.04. The van der Waals surface area contributed by atoms with Crippen LogP contribution in [0.25, 0.3) is 0 Å². The molecular formula is C16H15F3N2O6S2. The lowest BCUT2D eigenvalue weighted by Crippen LogP contribution is -2.24. The third-order valence-corrected chi connectivity index (χ3v) is 6.83. The number of sulfone groups is 1. The molecule has 0 aliphatic rings. The summed E-state index contributed by atoms with van der Waals surface area (Å²) in [7, 11) is -4.32. The van der Waals surface area contributed by atoms with Gasteiger partial charge in [-0.1, -0.05) is 6.92 Å². The maximum Gasteiger partial charge on any atom is 0.573 e. The van der Waals surface area contributed by atoms with Crippen LogP contribution in [0.4, 0.5) is 18.9 Å². The number of hydrogen-bond donors (Lipinski definition) is 3. The molecular weight excluding hydrogens is 437 g/mol. The number of benzene rings is 1. The minimum absolute atomic E-state index is 0.0647. The Balaban J connectivity index is 2.55. The van der Waals surface area contributed by atoms with E-state index in [4.69, 9.17) is 10.8 Å². The summed E-state index contributed by atoms with van der Waals surface area (Å²) in [5, 5.41) is 12.4. The first-order valence-corrected chi connectivity index (χ1v) is 10.2. The Morgan fingerprint density at radius 2 is 1.97 bits per heavy atom. The van der Waals surface area contributed by atoms with E-state index in [0.717, 1.165) is 18.2 Å². The zero-order valence-electron chi connectivity index (χ0n) is 14.7. The van der Waals surface area contributed by atoms with Gasteiger partial charge in [0.2, 0.25) is 21.7 Å². The van der Waals surface area contributed by atoms with Crippen molar-refractivity contribution in [3.8, 4) is 5.75 Å². The molecule has 0 unspecified atom stereocenters. The summed E-state index contributed by atoms with van der Waals surface area (Å²) in [5.41, 5.74) is 4.56. The number of ether oxygens (including phenoxy) is 1. The van der Waals surface area contributed by atoms with E-state index in [1.807, 2.05) is 0 Å². The molecule has 2 rings (SSSR count). The van der Waals surface area contributed by atoms with Crippen LogP contribution < -0.4 is 15.8 Å². The van der Waals surface area contributed by atoms with Crippen LogP contribution in [0.5, 0.6) is 5.75 Å². The summed E-state index contributed by atoms with van der Waals surface area (Å²) in [5.74, 6) is -3.40. The minimum Gasteiger partial charge on any atom is -0.406 e. The van der Waals surface area contributed by atoms with Crippen LogP contribution >= 0.6 is 11.3 Å². The first kappa shape index (κ1) is 22.6. The van der Waals surface area contributed by atoms with Crippen LogP contribution in [-0.2, 0) is 14.6 Å². The molecule has 2 aromatic rings. The van der Waals surface area contributed by atoms with Gasteiger partial charge < -0.3 is 20.9 Å². The highest BCUT2D eigenvalue weighted by Gasteiger charge is 2.32. The van der Waals surface area contributed by atoms with Crippen LogP contribution in [0.2, 0.25) is 0 Å². The van der Waals surface area contributed by atoms with Gasteiger partial charge in [0.05, 0.1) is 28.7 Å². The number of aliphatic hydroxyl groups excluding tert-OH is 1. The standard InChI is InChI=1S/C16H15F3N2O6S2/c1-8(6-22)15(24)21-11-5-10(27-16(17,18)19)2-3-12(11)29(25,26)13-4-9(7-28-13)14(20)23/h2-5,7-8,22H,6H2,1H3,(H2,20,23)(H,21,24)/t8-/m1/s1. The predicted molar refractivity (Wildman–Crippen MR) is 96.3 cm³/mol. The van der Waals surface area contributed by atoms with Crippen LogP contribution in [-0.4, -0.2) is 38.3 Å². The van der Waals surface area contributed by atoms with Crippen LogP contribution in [0, 0.1) is 5.92 Å².